The second kappa shape index (κ2) is 6.65. The maximum absolute atomic E-state index is 12.2. The SMILES string of the molecule is N#C[C@]1(NC(=O)Cc2coc(-c3ccc(Cl)cc3)n2)CCSC1. The number of hydrogen-bond donors (Lipinski definition) is 1. The summed E-state index contributed by atoms with van der Waals surface area (Å²) in [6.45, 7) is 0. The molecule has 3 rings (SSSR count). The maximum atomic E-state index is 12.2. The van der Waals surface area contributed by atoms with E-state index in [4.69, 9.17) is 16.0 Å². The van der Waals surface area contributed by atoms with Crippen LogP contribution in [0.5, 0.6) is 0 Å². The first-order valence-electron chi connectivity index (χ1n) is 7.11. The summed E-state index contributed by atoms with van der Waals surface area (Å²) in [5, 5.41) is 12.7. The minimum absolute atomic E-state index is 0.0885. The number of thioether (sulfide) groups is 1. The number of carbonyl (C=O) groups excluding carboxylic acids is 1. The van der Waals surface area contributed by atoms with E-state index in [1.165, 1.54) is 6.26 Å². The van der Waals surface area contributed by atoms with Gasteiger partial charge in [-0.25, -0.2) is 4.98 Å². The molecule has 1 fully saturated rings. The van der Waals surface area contributed by atoms with Crippen molar-refractivity contribution in [2.75, 3.05) is 11.5 Å². The van der Waals surface area contributed by atoms with E-state index in [1.54, 1.807) is 36.0 Å². The van der Waals surface area contributed by atoms with Gasteiger partial charge in [-0.2, -0.15) is 17.0 Å². The summed E-state index contributed by atoms with van der Waals surface area (Å²) in [7, 11) is 0. The zero-order valence-electron chi connectivity index (χ0n) is 12.2. The Bertz CT molecular complexity index is 745. The Labute approximate surface area is 143 Å². The van der Waals surface area contributed by atoms with Gasteiger partial charge in [0.1, 0.15) is 11.8 Å². The van der Waals surface area contributed by atoms with Crippen molar-refractivity contribution in [1.29, 1.82) is 5.26 Å². The van der Waals surface area contributed by atoms with Crippen LogP contribution in [0, 0.1) is 11.3 Å². The second-order valence-electron chi connectivity index (χ2n) is 5.37. The molecule has 1 saturated heterocycles. The van der Waals surface area contributed by atoms with Crippen molar-refractivity contribution < 1.29 is 9.21 Å². The quantitative estimate of drug-likeness (QED) is 0.919. The molecule has 1 aromatic heterocycles. The smallest absolute Gasteiger partial charge is 0.227 e. The molecule has 1 aliphatic rings. The van der Waals surface area contributed by atoms with E-state index in [1.807, 2.05) is 0 Å². The highest BCUT2D eigenvalue weighted by molar-refractivity contribution is 7.99. The number of aromatic nitrogens is 1. The zero-order valence-corrected chi connectivity index (χ0v) is 13.8. The molecule has 7 heteroatoms. The lowest BCUT2D eigenvalue weighted by atomic mass is 10.0. The first-order chi connectivity index (χ1) is 11.1. The molecule has 1 aromatic carbocycles. The fraction of sp³-hybridized carbons (Fsp3) is 0.312. The van der Waals surface area contributed by atoms with E-state index in [0.29, 0.717) is 28.8 Å². The summed E-state index contributed by atoms with van der Waals surface area (Å²) < 4.78 is 5.41. The lowest BCUT2D eigenvalue weighted by molar-refractivity contribution is -0.121. The molecular weight excluding hydrogens is 334 g/mol. The maximum Gasteiger partial charge on any atom is 0.227 e. The minimum Gasteiger partial charge on any atom is -0.444 e. The molecule has 1 atom stereocenters. The van der Waals surface area contributed by atoms with Crippen LogP contribution in [-0.4, -0.2) is 27.9 Å². The van der Waals surface area contributed by atoms with Crippen molar-refractivity contribution in [2.45, 2.75) is 18.4 Å². The van der Waals surface area contributed by atoms with Crippen LogP contribution in [-0.2, 0) is 11.2 Å². The summed E-state index contributed by atoms with van der Waals surface area (Å²) >= 11 is 7.52. The first-order valence-corrected chi connectivity index (χ1v) is 8.64. The Balaban J connectivity index is 1.66. The van der Waals surface area contributed by atoms with E-state index < -0.39 is 5.54 Å². The van der Waals surface area contributed by atoms with Crippen molar-refractivity contribution >= 4 is 29.3 Å². The van der Waals surface area contributed by atoms with Gasteiger partial charge in [-0.15, -0.1) is 0 Å². The molecule has 0 aliphatic carbocycles. The predicted molar refractivity (Wildman–Crippen MR) is 89.1 cm³/mol. The molecule has 1 amide bonds. The minimum atomic E-state index is -0.746. The topological polar surface area (TPSA) is 78.9 Å². The number of oxazole rings is 1. The van der Waals surface area contributed by atoms with Crippen molar-refractivity contribution in [1.82, 2.24) is 10.3 Å². The summed E-state index contributed by atoms with van der Waals surface area (Å²) in [6, 6.07) is 9.33. The molecule has 0 unspecified atom stereocenters. The van der Waals surface area contributed by atoms with Crippen LogP contribution < -0.4 is 5.32 Å². The van der Waals surface area contributed by atoms with Crippen molar-refractivity contribution in [3.63, 3.8) is 0 Å². The third kappa shape index (κ3) is 3.69. The largest absolute Gasteiger partial charge is 0.444 e. The first kappa shape index (κ1) is 15.9. The van der Waals surface area contributed by atoms with Crippen LogP contribution >= 0.6 is 23.4 Å². The number of carbonyl (C=O) groups is 1. The molecule has 118 valence electrons. The average Bonchev–Trinajstić information content (AvgIpc) is 3.18. The summed E-state index contributed by atoms with van der Waals surface area (Å²) in [4.78, 5) is 16.5. The second-order valence-corrected chi connectivity index (χ2v) is 6.91. The monoisotopic (exact) mass is 347 g/mol. The normalized spacial score (nSPS) is 20.2. The summed E-state index contributed by atoms with van der Waals surface area (Å²) in [5.41, 5.74) is 0.581. The molecule has 5 nitrogen and oxygen atoms in total. The average molecular weight is 348 g/mol. The van der Waals surface area contributed by atoms with E-state index in [-0.39, 0.29) is 12.3 Å². The number of benzene rings is 1. The third-order valence-electron chi connectivity index (χ3n) is 3.60. The number of nitriles is 1. The highest BCUT2D eigenvalue weighted by Crippen LogP contribution is 2.27. The lowest BCUT2D eigenvalue weighted by Crippen LogP contribution is -2.48. The standard InChI is InChI=1S/C16H14ClN3O2S/c17-12-3-1-11(2-4-12)15-19-13(8-22-15)7-14(21)20-16(9-18)5-6-23-10-16/h1-4,8H,5-7,10H2,(H,20,21)/t16-/m1/s1. The van der Waals surface area contributed by atoms with Crippen molar-refractivity contribution in [3.8, 4) is 17.5 Å². The Morgan fingerprint density at radius 3 is 2.91 bits per heavy atom. The van der Waals surface area contributed by atoms with Crippen LogP contribution in [0.25, 0.3) is 11.5 Å². The number of amides is 1. The van der Waals surface area contributed by atoms with Gasteiger partial charge in [0.25, 0.3) is 0 Å². The molecule has 23 heavy (non-hydrogen) atoms. The van der Waals surface area contributed by atoms with Gasteiger partial charge in [-0.05, 0) is 36.4 Å². The van der Waals surface area contributed by atoms with Gasteiger partial charge in [0, 0.05) is 16.3 Å². The van der Waals surface area contributed by atoms with Gasteiger partial charge in [0.15, 0.2) is 0 Å². The molecule has 2 aromatic rings. The van der Waals surface area contributed by atoms with Gasteiger partial charge in [0.2, 0.25) is 11.8 Å². The molecule has 0 spiro atoms. The highest BCUT2D eigenvalue weighted by Gasteiger charge is 2.36. The fourth-order valence-electron chi connectivity index (χ4n) is 2.37. The number of rotatable bonds is 4. The van der Waals surface area contributed by atoms with Crippen LogP contribution in [0.4, 0.5) is 0 Å². The van der Waals surface area contributed by atoms with Gasteiger partial charge >= 0.3 is 0 Å². The van der Waals surface area contributed by atoms with Crippen LogP contribution in [0.1, 0.15) is 12.1 Å². The fourth-order valence-corrected chi connectivity index (χ4v) is 3.76. The third-order valence-corrected chi connectivity index (χ3v) is 5.04. The lowest BCUT2D eigenvalue weighted by Gasteiger charge is -2.20. The Hall–Kier alpha value is -1.97. The number of hydrogen-bond acceptors (Lipinski definition) is 5. The summed E-state index contributed by atoms with van der Waals surface area (Å²) in [5.74, 6) is 1.74. The summed E-state index contributed by atoms with van der Waals surface area (Å²) in [6.07, 6.45) is 2.23. The molecule has 0 saturated carbocycles. The van der Waals surface area contributed by atoms with E-state index in [2.05, 4.69) is 16.4 Å². The van der Waals surface area contributed by atoms with Gasteiger partial charge in [-0.1, -0.05) is 11.6 Å². The van der Waals surface area contributed by atoms with Gasteiger partial charge < -0.3 is 9.73 Å². The zero-order chi connectivity index (χ0) is 16.3. The van der Waals surface area contributed by atoms with Crippen LogP contribution in [0.3, 0.4) is 0 Å². The highest BCUT2D eigenvalue weighted by atomic mass is 35.5. The van der Waals surface area contributed by atoms with E-state index >= 15 is 0 Å². The molecule has 1 N–H and O–H groups in total. The van der Waals surface area contributed by atoms with Crippen molar-refractivity contribution in [3.05, 3.63) is 41.2 Å². The molecule has 0 bridgehead atoms. The Morgan fingerprint density at radius 2 is 2.26 bits per heavy atom. The van der Waals surface area contributed by atoms with Crippen molar-refractivity contribution in [2.24, 2.45) is 0 Å². The van der Waals surface area contributed by atoms with Crippen LogP contribution in [0.15, 0.2) is 34.9 Å². The van der Waals surface area contributed by atoms with Gasteiger partial charge in [-0.3, -0.25) is 4.79 Å². The predicted octanol–water partition coefficient (Wildman–Crippen LogP) is 3.05. The van der Waals surface area contributed by atoms with E-state index in [9.17, 15) is 10.1 Å². The molecule has 1 aliphatic heterocycles. The Morgan fingerprint density at radius 1 is 1.48 bits per heavy atom. The molecule has 2 heterocycles. The van der Waals surface area contributed by atoms with E-state index in [0.717, 1.165) is 11.3 Å². The molecular formula is C16H14ClN3O2S. The number of nitrogens with zero attached hydrogens (tertiary/aromatic N) is 2. The molecule has 0 radical (unpaired) electrons. The van der Waals surface area contributed by atoms with Crippen LogP contribution in [0.2, 0.25) is 5.02 Å². The number of halogens is 1. The number of nitrogens with one attached hydrogen (secondary N) is 1. The Kier molecular flexibility index (Phi) is 4.60. The van der Waals surface area contributed by atoms with Gasteiger partial charge in [0.05, 0.1) is 18.2 Å².